The highest BCUT2D eigenvalue weighted by Crippen LogP contribution is 1.97. The second-order valence-corrected chi connectivity index (χ2v) is 5.24. The second kappa shape index (κ2) is 19.8. The first-order chi connectivity index (χ1) is 10.4. The molecule has 5 heteroatoms. The average Bonchev–Trinajstić information content (AvgIpc) is 2.50. The molecule has 5 nitrogen and oxygen atoms in total. The van der Waals surface area contributed by atoms with Crippen LogP contribution in [0.5, 0.6) is 0 Å². The van der Waals surface area contributed by atoms with Crippen molar-refractivity contribution in [1.29, 1.82) is 0 Å². The molecular formula is C16H36N2O3. The fourth-order valence-corrected chi connectivity index (χ4v) is 1.82. The van der Waals surface area contributed by atoms with Gasteiger partial charge in [-0.1, -0.05) is 0 Å². The van der Waals surface area contributed by atoms with Crippen LogP contribution in [0.2, 0.25) is 0 Å². The molecule has 0 unspecified atom stereocenters. The van der Waals surface area contributed by atoms with Crippen molar-refractivity contribution in [2.24, 2.45) is 11.5 Å². The van der Waals surface area contributed by atoms with Gasteiger partial charge in [0.15, 0.2) is 0 Å². The van der Waals surface area contributed by atoms with E-state index in [9.17, 15) is 0 Å². The minimum atomic E-state index is 0.760. The van der Waals surface area contributed by atoms with E-state index < -0.39 is 0 Å². The molecule has 21 heavy (non-hydrogen) atoms. The molecule has 0 atom stereocenters. The molecule has 0 spiro atoms. The lowest BCUT2D eigenvalue weighted by molar-refractivity contribution is 0.0894. The Morgan fingerprint density at radius 2 is 0.619 bits per heavy atom. The minimum Gasteiger partial charge on any atom is -0.381 e. The van der Waals surface area contributed by atoms with Crippen molar-refractivity contribution in [2.45, 2.75) is 51.4 Å². The van der Waals surface area contributed by atoms with E-state index >= 15 is 0 Å². The van der Waals surface area contributed by atoms with Crippen LogP contribution in [0.3, 0.4) is 0 Å². The van der Waals surface area contributed by atoms with Crippen molar-refractivity contribution in [2.75, 3.05) is 52.7 Å². The zero-order valence-corrected chi connectivity index (χ0v) is 13.7. The van der Waals surface area contributed by atoms with E-state index in [1.165, 1.54) is 0 Å². The number of unbranched alkanes of at least 4 members (excludes halogenated alkanes) is 4. The Morgan fingerprint density at radius 1 is 0.381 bits per heavy atom. The predicted molar refractivity (Wildman–Crippen MR) is 87.5 cm³/mol. The third-order valence-electron chi connectivity index (χ3n) is 3.14. The smallest absolute Gasteiger partial charge is 0.0466 e. The maximum atomic E-state index is 5.58. The Balaban J connectivity index is 2.90. The summed E-state index contributed by atoms with van der Waals surface area (Å²) in [5, 5.41) is 0. The lowest BCUT2D eigenvalue weighted by Gasteiger charge is -2.06. The number of rotatable bonds is 18. The first kappa shape index (κ1) is 20.8. The third-order valence-corrected chi connectivity index (χ3v) is 3.14. The standard InChI is InChI=1S/C16H36N2O3/c17-9-1-3-11-19-13-5-7-15-21-16-8-6-14-20-12-4-2-10-18/h1-18H2. The van der Waals surface area contributed by atoms with Gasteiger partial charge in [-0.2, -0.15) is 0 Å². The van der Waals surface area contributed by atoms with Gasteiger partial charge in [-0.05, 0) is 64.5 Å². The molecule has 0 heterocycles. The molecule has 0 bridgehead atoms. The van der Waals surface area contributed by atoms with E-state index in [4.69, 9.17) is 25.7 Å². The van der Waals surface area contributed by atoms with E-state index in [1.807, 2.05) is 0 Å². The van der Waals surface area contributed by atoms with Crippen LogP contribution in [0.25, 0.3) is 0 Å². The predicted octanol–water partition coefficient (Wildman–Crippen LogP) is 2.07. The minimum absolute atomic E-state index is 0.760. The van der Waals surface area contributed by atoms with Gasteiger partial charge in [0, 0.05) is 39.6 Å². The lowest BCUT2D eigenvalue weighted by atomic mass is 10.3. The van der Waals surface area contributed by atoms with Gasteiger partial charge in [0.1, 0.15) is 0 Å². The topological polar surface area (TPSA) is 79.7 Å². The molecule has 0 aliphatic carbocycles. The maximum absolute atomic E-state index is 5.58. The summed E-state index contributed by atoms with van der Waals surface area (Å²) in [7, 11) is 0. The summed E-state index contributed by atoms with van der Waals surface area (Å²) in [6, 6.07) is 0. The summed E-state index contributed by atoms with van der Waals surface area (Å²) in [6.07, 6.45) is 8.56. The van der Waals surface area contributed by atoms with Crippen LogP contribution >= 0.6 is 0 Å². The molecule has 0 amide bonds. The zero-order chi connectivity index (χ0) is 15.4. The highest BCUT2D eigenvalue weighted by molar-refractivity contribution is 4.44. The van der Waals surface area contributed by atoms with Gasteiger partial charge in [-0.15, -0.1) is 0 Å². The third kappa shape index (κ3) is 19.8. The number of hydrogen-bond acceptors (Lipinski definition) is 5. The molecule has 0 aromatic heterocycles. The zero-order valence-electron chi connectivity index (χ0n) is 13.7. The Bertz CT molecular complexity index is 165. The first-order valence-electron chi connectivity index (χ1n) is 8.55. The fourth-order valence-electron chi connectivity index (χ4n) is 1.82. The van der Waals surface area contributed by atoms with Crippen LogP contribution in [-0.4, -0.2) is 52.7 Å². The van der Waals surface area contributed by atoms with Crippen molar-refractivity contribution < 1.29 is 14.2 Å². The Kier molecular flexibility index (Phi) is 19.6. The van der Waals surface area contributed by atoms with Gasteiger partial charge in [0.25, 0.3) is 0 Å². The van der Waals surface area contributed by atoms with Gasteiger partial charge < -0.3 is 25.7 Å². The summed E-state index contributed by atoms with van der Waals surface area (Å²) in [5.41, 5.74) is 10.8. The van der Waals surface area contributed by atoms with Crippen LogP contribution in [-0.2, 0) is 14.2 Å². The van der Waals surface area contributed by atoms with Crippen LogP contribution in [0.15, 0.2) is 0 Å². The summed E-state index contributed by atoms with van der Waals surface area (Å²) < 4.78 is 16.6. The van der Waals surface area contributed by atoms with Gasteiger partial charge >= 0.3 is 0 Å². The Labute approximate surface area is 130 Å². The molecule has 0 saturated heterocycles. The van der Waals surface area contributed by atoms with Crippen molar-refractivity contribution in [1.82, 2.24) is 0 Å². The maximum Gasteiger partial charge on any atom is 0.0466 e. The van der Waals surface area contributed by atoms with Crippen molar-refractivity contribution in [3.05, 3.63) is 0 Å². The highest BCUT2D eigenvalue weighted by atomic mass is 16.5. The van der Waals surface area contributed by atoms with E-state index in [1.54, 1.807) is 0 Å². The van der Waals surface area contributed by atoms with Crippen molar-refractivity contribution in [3.63, 3.8) is 0 Å². The van der Waals surface area contributed by atoms with Gasteiger partial charge in [-0.25, -0.2) is 0 Å². The number of hydrogen-bond donors (Lipinski definition) is 2. The molecule has 0 rings (SSSR count). The van der Waals surface area contributed by atoms with E-state index in [0.717, 1.165) is 104 Å². The molecule has 0 radical (unpaired) electrons. The number of nitrogens with two attached hydrogens (primary N) is 2. The monoisotopic (exact) mass is 304 g/mol. The molecule has 4 N–H and O–H groups in total. The molecule has 128 valence electrons. The molecular weight excluding hydrogens is 268 g/mol. The van der Waals surface area contributed by atoms with Gasteiger partial charge in [-0.3, -0.25) is 0 Å². The summed E-state index contributed by atoms with van der Waals surface area (Å²) in [6.45, 7) is 6.54. The van der Waals surface area contributed by atoms with E-state index in [2.05, 4.69) is 0 Å². The summed E-state index contributed by atoms with van der Waals surface area (Å²) in [5.74, 6) is 0. The molecule has 0 aromatic rings. The quantitative estimate of drug-likeness (QED) is 0.379. The summed E-state index contributed by atoms with van der Waals surface area (Å²) >= 11 is 0. The first-order valence-corrected chi connectivity index (χ1v) is 8.55. The molecule has 0 fully saturated rings. The SMILES string of the molecule is NCCCCOCCCCOCCCCOCCCCN. The van der Waals surface area contributed by atoms with Crippen molar-refractivity contribution in [3.8, 4) is 0 Å². The normalized spacial score (nSPS) is 11.1. The van der Waals surface area contributed by atoms with E-state index in [0.29, 0.717) is 0 Å². The Hall–Kier alpha value is -0.200. The largest absolute Gasteiger partial charge is 0.381 e. The average molecular weight is 304 g/mol. The van der Waals surface area contributed by atoms with Crippen molar-refractivity contribution >= 4 is 0 Å². The van der Waals surface area contributed by atoms with Gasteiger partial charge in [0.2, 0.25) is 0 Å². The molecule has 0 aliphatic heterocycles. The molecule has 0 saturated carbocycles. The number of ether oxygens (including phenoxy) is 3. The van der Waals surface area contributed by atoms with E-state index in [-0.39, 0.29) is 0 Å². The van der Waals surface area contributed by atoms with Crippen LogP contribution < -0.4 is 11.5 Å². The fraction of sp³-hybridized carbons (Fsp3) is 1.00. The van der Waals surface area contributed by atoms with Crippen LogP contribution in [0.1, 0.15) is 51.4 Å². The second-order valence-electron chi connectivity index (χ2n) is 5.24. The lowest BCUT2D eigenvalue weighted by Crippen LogP contribution is -2.05. The molecule has 0 aliphatic rings. The Morgan fingerprint density at radius 3 is 0.857 bits per heavy atom. The summed E-state index contributed by atoms with van der Waals surface area (Å²) in [4.78, 5) is 0. The van der Waals surface area contributed by atoms with Crippen LogP contribution in [0, 0.1) is 0 Å². The van der Waals surface area contributed by atoms with Crippen LogP contribution in [0.4, 0.5) is 0 Å². The molecule has 0 aromatic carbocycles. The van der Waals surface area contributed by atoms with Gasteiger partial charge in [0.05, 0.1) is 0 Å². The highest BCUT2D eigenvalue weighted by Gasteiger charge is 1.93.